The number of hydrogen-bond acceptors (Lipinski definition) is 8. The van der Waals surface area contributed by atoms with Gasteiger partial charge in [-0.15, -0.1) is 0 Å². The number of fused-ring (bicyclic) bond motifs is 2. The highest BCUT2D eigenvalue weighted by Gasteiger charge is 2.50. The van der Waals surface area contributed by atoms with Crippen molar-refractivity contribution in [3.63, 3.8) is 0 Å². The normalized spacial score (nSPS) is 31.2. The van der Waals surface area contributed by atoms with Crippen molar-refractivity contribution in [3.8, 4) is 0 Å². The van der Waals surface area contributed by atoms with E-state index in [0.717, 1.165) is 6.08 Å². The molecule has 2 heterocycles. The smallest absolute Gasteiger partial charge is 0.344 e. The molecule has 0 aromatic carbocycles. The van der Waals surface area contributed by atoms with Gasteiger partial charge in [0, 0.05) is 18.9 Å². The second-order valence-electron chi connectivity index (χ2n) is 4.39. The topological polar surface area (TPSA) is 105 Å². The van der Waals surface area contributed by atoms with E-state index in [1.165, 1.54) is 0 Å². The zero-order valence-corrected chi connectivity index (χ0v) is 11.3. The molecule has 0 saturated carbocycles. The zero-order valence-electron chi connectivity index (χ0n) is 10.4. The van der Waals surface area contributed by atoms with E-state index in [-0.39, 0.29) is 6.10 Å². The van der Waals surface area contributed by atoms with Crippen molar-refractivity contribution in [2.75, 3.05) is 6.61 Å². The first-order valence-electron chi connectivity index (χ1n) is 5.95. The molecule has 2 aliphatic heterocycles. The Hall–Kier alpha value is -1.45. The molecule has 4 atom stereocenters. The summed E-state index contributed by atoms with van der Waals surface area (Å²) in [6.45, 7) is 2.70. The van der Waals surface area contributed by atoms with Gasteiger partial charge in [-0.05, 0) is 0 Å². The lowest BCUT2D eigenvalue weighted by atomic mass is 9.95. The first-order chi connectivity index (χ1) is 9.49. The Balaban J connectivity index is 1.76. The average Bonchev–Trinajstić information content (AvgIpc) is 2.94. The van der Waals surface area contributed by atoms with Gasteiger partial charge in [-0.1, -0.05) is 6.58 Å². The van der Waals surface area contributed by atoms with E-state index in [1.807, 2.05) is 0 Å². The molecule has 0 spiro atoms. The summed E-state index contributed by atoms with van der Waals surface area (Å²) in [5.74, 6) is -1.40. The maximum absolute atomic E-state index is 11.4. The van der Waals surface area contributed by atoms with Gasteiger partial charge in [-0.2, -0.15) is 0 Å². The minimum atomic E-state index is -2.92. The summed E-state index contributed by atoms with van der Waals surface area (Å²) in [5.41, 5.74) is 0. The third-order valence-corrected chi connectivity index (χ3v) is 3.55. The van der Waals surface area contributed by atoms with Crippen LogP contribution in [0.2, 0.25) is 0 Å². The Bertz CT molecular complexity index is 477. The van der Waals surface area contributed by atoms with Crippen LogP contribution in [0, 0.1) is 0 Å². The number of carbonyl (C=O) groups is 2. The van der Waals surface area contributed by atoms with E-state index in [9.17, 15) is 18.0 Å². The first-order valence-corrected chi connectivity index (χ1v) is 7.04. The van der Waals surface area contributed by atoms with Gasteiger partial charge in [0.05, 0.1) is 12.2 Å². The molecule has 2 bridgehead atoms. The number of esters is 2. The predicted octanol–water partition coefficient (Wildman–Crippen LogP) is -0.900. The van der Waals surface area contributed by atoms with E-state index in [1.54, 1.807) is 0 Å². The molecule has 0 amide bonds. The van der Waals surface area contributed by atoms with Crippen LogP contribution in [0.1, 0.15) is 12.8 Å². The van der Waals surface area contributed by atoms with E-state index in [4.69, 9.17) is 13.7 Å². The van der Waals surface area contributed by atoms with Crippen molar-refractivity contribution in [2.45, 2.75) is 37.3 Å². The SMILES string of the molecule is C=CC(=O)OCC(=O)OC1CC2OC1CC2O[SH](=O)=O. The molecule has 0 aliphatic carbocycles. The second-order valence-corrected chi connectivity index (χ2v) is 5.05. The molecular formula is C11H14O8S. The minimum absolute atomic E-state index is 0.346. The number of thiol groups is 1. The molecule has 112 valence electrons. The maximum atomic E-state index is 11.4. The summed E-state index contributed by atoms with van der Waals surface area (Å²) in [7, 11) is -2.92. The fourth-order valence-electron chi connectivity index (χ4n) is 2.31. The molecule has 2 aliphatic rings. The molecule has 2 fully saturated rings. The van der Waals surface area contributed by atoms with Gasteiger partial charge in [0.15, 0.2) is 6.61 Å². The van der Waals surface area contributed by atoms with Gasteiger partial charge in [0.1, 0.15) is 12.2 Å². The number of ether oxygens (including phenoxy) is 3. The molecule has 0 N–H and O–H groups in total. The average molecular weight is 306 g/mol. The standard InChI is InChI=1S/C11H14O8S/c1-2-10(12)16-5-11(13)18-7-3-8-9(19-20(14)15)4-6(7)17-8/h2,6-9,20H,1,3-5H2. The molecule has 9 heteroatoms. The third kappa shape index (κ3) is 3.56. The lowest BCUT2D eigenvalue weighted by Crippen LogP contribution is -2.36. The zero-order chi connectivity index (χ0) is 14.7. The number of rotatable bonds is 6. The monoisotopic (exact) mass is 306 g/mol. The van der Waals surface area contributed by atoms with Crippen LogP contribution in [0.3, 0.4) is 0 Å². The Morgan fingerprint density at radius 2 is 1.90 bits per heavy atom. The number of carbonyl (C=O) groups excluding carboxylic acids is 2. The maximum Gasteiger partial charge on any atom is 0.344 e. The van der Waals surface area contributed by atoms with Gasteiger partial charge in [0.2, 0.25) is 0 Å². The molecule has 0 radical (unpaired) electrons. The van der Waals surface area contributed by atoms with Crippen LogP contribution < -0.4 is 0 Å². The van der Waals surface area contributed by atoms with Crippen molar-refractivity contribution in [1.29, 1.82) is 0 Å². The van der Waals surface area contributed by atoms with Gasteiger partial charge in [-0.3, -0.25) is 4.18 Å². The lowest BCUT2D eigenvalue weighted by Gasteiger charge is -2.22. The quantitative estimate of drug-likeness (QED) is 0.382. The summed E-state index contributed by atoms with van der Waals surface area (Å²) in [6.07, 6.45) is -0.132. The van der Waals surface area contributed by atoms with Crippen LogP contribution in [0.15, 0.2) is 12.7 Å². The van der Waals surface area contributed by atoms with Crippen LogP contribution >= 0.6 is 0 Å². The largest absolute Gasteiger partial charge is 0.457 e. The Labute approximate surface area is 116 Å². The minimum Gasteiger partial charge on any atom is -0.457 e. The molecule has 2 saturated heterocycles. The van der Waals surface area contributed by atoms with Crippen molar-refractivity contribution < 1.29 is 36.4 Å². The molecule has 2 rings (SSSR count). The fraction of sp³-hybridized carbons (Fsp3) is 0.636. The highest BCUT2D eigenvalue weighted by atomic mass is 32.2. The first kappa shape index (κ1) is 14.9. The van der Waals surface area contributed by atoms with Crippen molar-refractivity contribution in [2.24, 2.45) is 0 Å². The molecule has 0 aromatic rings. The van der Waals surface area contributed by atoms with Crippen LogP contribution in [0.25, 0.3) is 0 Å². The van der Waals surface area contributed by atoms with Crippen molar-refractivity contribution >= 4 is 22.9 Å². The van der Waals surface area contributed by atoms with E-state index < -0.39 is 47.8 Å². The van der Waals surface area contributed by atoms with Crippen LogP contribution in [0.5, 0.6) is 0 Å². The predicted molar refractivity (Wildman–Crippen MR) is 64.1 cm³/mol. The number of hydrogen-bond donors (Lipinski definition) is 1. The molecule has 0 aromatic heterocycles. The lowest BCUT2D eigenvalue weighted by molar-refractivity contribution is -0.162. The Morgan fingerprint density at radius 1 is 1.25 bits per heavy atom. The molecule has 8 nitrogen and oxygen atoms in total. The van der Waals surface area contributed by atoms with Crippen LogP contribution in [-0.4, -0.2) is 51.4 Å². The second kappa shape index (κ2) is 6.33. The van der Waals surface area contributed by atoms with Crippen molar-refractivity contribution in [1.82, 2.24) is 0 Å². The summed E-state index contributed by atoms with van der Waals surface area (Å²) in [6, 6.07) is 0. The van der Waals surface area contributed by atoms with Crippen LogP contribution in [0.4, 0.5) is 0 Å². The fourth-order valence-corrected chi connectivity index (χ4v) is 2.76. The summed E-state index contributed by atoms with van der Waals surface area (Å²) >= 11 is 0. The van der Waals surface area contributed by atoms with E-state index >= 15 is 0 Å². The third-order valence-electron chi connectivity index (χ3n) is 3.11. The highest BCUT2D eigenvalue weighted by Crippen LogP contribution is 2.38. The van der Waals surface area contributed by atoms with Gasteiger partial charge >= 0.3 is 11.9 Å². The molecule has 4 unspecified atom stereocenters. The highest BCUT2D eigenvalue weighted by molar-refractivity contribution is 7.67. The summed E-state index contributed by atoms with van der Waals surface area (Å²) in [5, 5.41) is 0. The molecule has 20 heavy (non-hydrogen) atoms. The summed E-state index contributed by atoms with van der Waals surface area (Å²) in [4.78, 5) is 22.2. The molecular weight excluding hydrogens is 292 g/mol. The summed E-state index contributed by atoms with van der Waals surface area (Å²) < 4.78 is 40.8. The van der Waals surface area contributed by atoms with E-state index in [2.05, 4.69) is 11.3 Å². The van der Waals surface area contributed by atoms with Gasteiger partial charge in [0.25, 0.3) is 11.0 Å². The Morgan fingerprint density at radius 3 is 2.45 bits per heavy atom. The van der Waals surface area contributed by atoms with Crippen LogP contribution in [-0.2, 0) is 39.0 Å². The van der Waals surface area contributed by atoms with Gasteiger partial charge < -0.3 is 14.2 Å². The van der Waals surface area contributed by atoms with Crippen molar-refractivity contribution in [3.05, 3.63) is 12.7 Å². The Kier molecular flexibility index (Phi) is 4.73. The van der Waals surface area contributed by atoms with Gasteiger partial charge in [-0.25, -0.2) is 18.0 Å². The van der Waals surface area contributed by atoms with E-state index in [0.29, 0.717) is 12.8 Å².